The monoisotopic (exact) mass is 422 g/mol. The number of anilines is 2. The zero-order valence-corrected chi connectivity index (χ0v) is 16.6. The molecule has 0 spiro atoms. The molecule has 3 heterocycles. The van der Waals surface area contributed by atoms with E-state index in [0.29, 0.717) is 58.8 Å². The average Bonchev–Trinajstić information content (AvgIpc) is 2.68. The maximum atomic E-state index is 11.6. The first-order valence-corrected chi connectivity index (χ1v) is 10.6. The minimum absolute atomic E-state index is 0.133. The van der Waals surface area contributed by atoms with Crippen LogP contribution in [0, 0.1) is 0 Å². The van der Waals surface area contributed by atoms with Gasteiger partial charge in [0.05, 0.1) is 0 Å². The maximum Gasteiger partial charge on any atom is 0.225 e. The number of nitrogens with one attached hydrogen (secondary N) is 1. The van der Waals surface area contributed by atoms with E-state index in [2.05, 4.69) is 25.3 Å². The number of hydrogen-bond acceptors (Lipinski definition) is 7. The molecule has 0 aliphatic carbocycles. The van der Waals surface area contributed by atoms with Crippen LogP contribution in [0.5, 0.6) is 0 Å². The van der Waals surface area contributed by atoms with Crippen molar-refractivity contribution in [2.45, 2.75) is 6.54 Å². The molecule has 0 unspecified atom stereocenters. The molecule has 1 aliphatic heterocycles. The summed E-state index contributed by atoms with van der Waals surface area (Å²) < 4.78 is 11.6. The summed E-state index contributed by atoms with van der Waals surface area (Å²) in [6.07, 6.45) is 1.48. The van der Waals surface area contributed by atoms with Gasteiger partial charge in [-0.3, -0.25) is 4.21 Å². The Labute approximate surface area is 168 Å². The van der Waals surface area contributed by atoms with Gasteiger partial charge in [-0.05, 0) is 29.3 Å². The number of benzene rings is 1. The number of fused-ring (bicyclic) bond motifs is 1. The number of aromatic nitrogens is 4. The predicted molar refractivity (Wildman–Crippen MR) is 109 cm³/mol. The summed E-state index contributed by atoms with van der Waals surface area (Å²) in [5.74, 6) is 2.45. The lowest BCUT2D eigenvalue weighted by Crippen LogP contribution is -2.38. The van der Waals surface area contributed by atoms with Gasteiger partial charge in [-0.2, -0.15) is 4.98 Å². The molecule has 10 heteroatoms. The molecule has 0 radical (unpaired) electrons. The molecule has 140 valence electrons. The topological polar surface area (TPSA) is 83.9 Å². The van der Waals surface area contributed by atoms with E-state index in [0.717, 1.165) is 5.56 Å². The quantitative estimate of drug-likeness (QED) is 0.646. The molecule has 0 atom stereocenters. The lowest BCUT2D eigenvalue weighted by molar-refractivity contribution is 0.672. The van der Waals surface area contributed by atoms with Crippen molar-refractivity contribution in [1.29, 1.82) is 0 Å². The molecule has 0 amide bonds. The Morgan fingerprint density at radius 3 is 2.52 bits per heavy atom. The van der Waals surface area contributed by atoms with Crippen molar-refractivity contribution in [3.63, 3.8) is 0 Å². The zero-order valence-electron chi connectivity index (χ0n) is 14.2. The molecule has 2 aromatic heterocycles. The lowest BCUT2D eigenvalue weighted by Gasteiger charge is -2.27. The Bertz CT molecular complexity index is 991. The molecular weight excluding hydrogens is 407 g/mol. The Morgan fingerprint density at radius 2 is 1.78 bits per heavy atom. The third-order valence-corrected chi connectivity index (χ3v) is 5.98. The van der Waals surface area contributed by atoms with Crippen LogP contribution < -0.4 is 10.2 Å². The molecule has 1 aliphatic rings. The second kappa shape index (κ2) is 7.92. The fourth-order valence-electron chi connectivity index (χ4n) is 2.89. The summed E-state index contributed by atoms with van der Waals surface area (Å²) in [6.45, 7) is 1.85. The first kappa shape index (κ1) is 18.3. The van der Waals surface area contributed by atoms with Gasteiger partial charge in [0.15, 0.2) is 11.6 Å². The van der Waals surface area contributed by atoms with Crippen molar-refractivity contribution in [3.8, 4) is 0 Å². The van der Waals surface area contributed by atoms with Crippen LogP contribution in [0.25, 0.3) is 11.0 Å². The third kappa shape index (κ3) is 4.12. The van der Waals surface area contributed by atoms with Crippen molar-refractivity contribution < 1.29 is 4.21 Å². The van der Waals surface area contributed by atoms with E-state index in [1.165, 1.54) is 6.33 Å². The van der Waals surface area contributed by atoms with Crippen LogP contribution in [0.2, 0.25) is 10.3 Å². The number of nitrogens with zero attached hydrogens (tertiary/aromatic N) is 5. The van der Waals surface area contributed by atoms with Crippen LogP contribution in [0.1, 0.15) is 5.56 Å². The van der Waals surface area contributed by atoms with E-state index in [1.54, 1.807) is 0 Å². The van der Waals surface area contributed by atoms with Gasteiger partial charge in [0, 0.05) is 47.0 Å². The van der Waals surface area contributed by atoms with E-state index >= 15 is 0 Å². The van der Waals surface area contributed by atoms with Crippen molar-refractivity contribution in [2.24, 2.45) is 0 Å². The lowest BCUT2D eigenvalue weighted by atomic mass is 10.2. The highest BCUT2D eigenvalue weighted by molar-refractivity contribution is 7.85. The summed E-state index contributed by atoms with van der Waals surface area (Å²) in [7, 11) is -0.777. The molecule has 1 N–H and O–H groups in total. The molecule has 0 bridgehead atoms. The second-order valence-corrected chi connectivity index (χ2v) is 8.52. The van der Waals surface area contributed by atoms with Gasteiger partial charge >= 0.3 is 0 Å². The fourth-order valence-corrected chi connectivity index (χ4v) is 4.24. The molecule has 1 fully saturated rings. The largest absolute Gasteiger partial charge is 0.364 e. The van der Waals surface area contributed by atoms with Crippen molar-refractivity contribution in [1.82, 2.24) is 19.9 Å². The van der Waals surface area contributed by atoms with Crippen LogP contribution in [0.15, 0.2) is 30.6 Å². The van der Waals surface area contributed by atoms with Crippen LogP contribution >= 0.6 is 23.2 Å². The van der Waals surface area contributed by atoms with Crippen molar-refractivity contribution in [3.05, 3.63) is 46.5 Å². The first-order chi connectivity index (χ1) is 13.1. The summed E-state index contributed by atoms with van der Waals surface area (Å²) >= 11 is 12.1. The standard InChI is InChI=1S/C17H16Cl2N6OS/c18-12-3-1-11(2-4-12)9-20-15-13-14(21-10-22-15)16(24-17(19)23-13)25-5-7-27(26)8-6-25/h1-4,10H,5-9H2,(H,20,21,22). The minimum atomic E-state index is -0.777. The molecule has 0 saturated carbocycles. The van der Waals surface area contributed by atoms with Gasteiger partial charge in [0.1, 0.15) is 17.4 Å². The second-order valence-electron chi connectivity index (χ2n) is 6.05. The molecule has 4 rings (SSSR count). The Balaban J connectivity index is 1.66. The van der Waals surface area contributed by atoms with Crippen LogP contribution in [-0.4, -0.2) is 48.7 Å². The third-order valence-electron chi connectivity index (χ3n) is 4.29. The summed E-state index contributed by atoms with van der Waals surface area (Å²) in [4.78, 5) is 19.4. The van der Waals surface area contributed by atoms with E-state index in [1.807, 2.05) is 29.2 Å². The predicted octanol–water partition coefficient (Wildman–Crippen LogP) is 2.91. The van der Waals surface area contributed by atoms with Gasteiger partial charge in [-0.15, -0.1) is 0 Å². The summed E-state index contributed by atoms with van der Waals surface area (Å²) in [6, 6.07) is 7.57. The fraction of sp³-hybridized carbons (Fsp3) is 0.294. The van der Waals surface area contributed by atoms with E-state index < -0.39 is 10.8 Å². The van der Waals surface area contributed by atoms with Crippen molar-refractivity contribution >= 4 is 56.7 Å². The number of rotatable bonds is 4. The first-order valence-electron chi connectivity index (χ1n) is 8.36. The average molecular weight is 423 g/mol. The van der Waals surface area contributed by atoms with Gasteiger partial charge in [-0.1, -0.05) is 23.7 Å². The molecule has 27 heavy (non-hydrogen) atoms. The Kier molecular flexibility index (Phi) is 5.38. The van der Waals surface area contributed by atoms with E-state index in [4.69, 9.17) is 23.2 Å². The van der Waals surface area contributed by atoms with Crippen LogP contribution in [0.3, 0.4) is 0 Å². The maximum absolute atomic E-state index is 11.6. The van der Waals surface area contributed by atoms with Crippen LogP contribution in [0.4, 0.5) is 11.6 Å². The molecular formula is C17H16Cl2N6OS. The van der Waals surface area contributed by atoms with Gasteiger partial charge < -0.3 is 10.2 Å². The van der Waals surface area contributed by atoms with E-state index in [-0.39, 0.29) is 5.28 Å². The SMILES string of the molecule is O=S1CCN(c2nc(Cl)nc3c(NCc4ccc(Cl)cc4)ncnc23)CC1. The number of hydrogen-bond donors (Lipinski definition) is 1. The zero-order chi connectivity index (χ0) is 18.8. The highest BCUT2D eigenvalue weighted by Gasteiger charge is 2.21. The highest BCUT2D eigenvalue weighted by Crippen LogP contribution is 2.28. The normalized spacial score (nSPS) is 15.3. The smallest absolute Gasteiger partial charge is 0.225 e. The summed E-state index contributed by atoms with van der Waals surface area (Å²) in [5.41, 5.74) is 2.25. The van der Waals surface area contributed by atoms with Gasteiger partial charge in [0.25, 0.3) is 0 Å². The molecule has 7 nitrogen and oxygen atoms in total. The highest BCUT2D eigenvalue weighted by atomic mass is 35.5. The van der Waals surface area contributed by atoms with Crippen LogP contribution in [-0.2, 0) is 17.3 Å². The summed E-state index contributed by atoms with van der Waals surface area (Å²) in [5, 5.41) is 4.10. The molecule has 3 aromatic rings. The van der Waals surface area contributed by atoms with E-state index in [9.17, 15) is 4.21 Å². The van der Waals surface area contributed by atoms with Gasteiger partial charge in [0.2, 0.25) is 5.28 Å². The Morgan fingerprint density at radius 1 is 1.04 bits per heavy atom. The molecule has 1 saturated heterocycles. The van der Waals surface area contributed by atoms with Gasteiger partial charge in [-0.25, -0.2) is 15.0 Å². The number of halogens is 2. The van der Waals surface area contributed by atoms with Crippen molar-refractivity contribution in [2.75, 3.05) is 34.8 Å². The minimum Gasteiger partial charge on any atom is -0.364 e. The Hall–Kier alpha value is -2.03. The molecule has 1 aromatic carbocycles.